The Bertz CT molecular complexity index is 627. The monoisotopic (exact) mass is 308 g/mol. The first-order valence-electron chi connectivity index (χ1n) is 5.31. The highest BCUT2D eigenvalue weighted by atomic mass is 32.2. The summed E-state index contributed by atoms with van der Waals surface area (Å²) in [6.07, 6.45) is 0. The van der Waals surface area contributed by atoms with Crippen LogP contribution in [0.25, 0.3) is 0 Å². The summed E-state index contributed by atoms with van der Waals surface area (Å²) < 4.78 is 78.8. The summed E-state index contributed by atoms with van der Waals surface area (Å²) in [6, 6.07) is 5.37. The van der Waals surface area contributed by atoms with Crippen LogP contribution in [0.15, 0.2) is 29.2 Å². The van der Waals surface area contributed by atoms with Crippen LogP contribution in [0.1, 0.15) is 5.56 Å². The molecule has 20 heavy (non-hydrogen) atoms. The van der Waals surface area contributed by atoms with Gasteiger partial charge < -0.3 is 0 Å². The first kappa shape index (κ1) is 14.8. The summed E-state index contributed by atoms with van der Waals surface area (Å²) >= 11 is 0.641. The van der Waals surface area contributed by atoms with Gasteiger partial charge in [0.05, 0.1) is 0 Å². The van der Waals surface area contributed by atoms with Gasteiger partial charge in [0.15, 0.2) is 23.3 Å². The molecule has 0 saturated heterocycles. The Morgan fingerprint density at radius 3 is 1.75 bits per heavy atom. The van der Waals surface area contributed by atoms with E-state index in [-0.39, 0.29) is 4.90 Å². The molecule has 0 atom stereocenters. The minimum Gasteiger partial charge on any atom is -0.206 e. The molecule has 0 radical (unpaired) electrons. The molecule has 0 aliphatic rings. The molecule has 0 fully saturated rings. The Morgan fingerprint density at radius 1 is 0.700 bits per heavy atom. The molecule has 0 spiro atoms. The molecule has 7 heteroatoms. The molecular formula is C13H6F6S. The van der Waals surface area contributed by atoms with Crippen LogP contribution in [0.4, 0.5) is 26.3 Å². The Kier molecular flexibility index (Phi) is 4.27. The summed E-state index contributed by atoms with van der Waals surface area (Å²) in [6.45, 7) is 0. The molecule has 2 aromatic carbocycles. The van der Waals surface area contributed by atoms with Crippen LogP contribution < -0.4 is 0 Å². The maximum Gasteiger partial charge on any atom is 0.200 e. The van der Waals surface area contributed by atoms with Gasteiger partial charge in [-0.3, -0.25) is 0 Å². The van der Waals surface area contributed by atoms with Crippen molar-refractivity contribution in [1.29, 1.82) is 0 Å². The SMILES string of the molecule is Fc1ccccc1SCc1c(F)c(F)c(F)c(F)c1F. The molecule has 0 N–H and O–H groups in total. The third-order valence-electron chi connectivity index (χ3n) is 2.51. The van der Waals surface area contributed by atoms with E-state index in [1.54, 1.807) is 0 Å². The third-order valence-corrected chi connectivity index (χ3v) is 3.58. The van der Waals surface area contributed by atoms with Crippen molar-refractivity contribution in [2.75, 3.05) is 0 Å². The number of hydrogen-bond acceptors (Lipinski definition) is 1. The molecule has 106 valence electrons. The molecule has 0 heterocycles. The van der Waals surface area contributed by atoms with E-state index in [2.05, 4.69) is 0 Å². The van der Waals surface area contributed by atoms with E-state index in [0.717, 1.165) is 6.07 Å². The molecule has 2 rings (SSSR count). The second-order valence-electron chi connectivity index (χ2n) is 3.77. The summed E-state index contributed by atoms with van der Waals surface area (Å²) in [5, 5.41) is 0. The van der Waals surface area contributed by atoms with Gasteiger partial charge in [0, 0.05) is 16.2 Å². The Morgan fingerprint density at radius 2 is 1.20 bits per heavy atom. The lowest BCUT2D eigenvalue weighted by atomic mass is 10.2. The number of hydrogen-bond donors (Lipinski definition) is 0. The average molecular weight is 308 g/mol. The third kappa shape index (κ3) is 2.63. The molecule has 0 unspecified atom stereocenters. The molecule has 0 bridgehead atoms. The summed E-state index contributed by atoms with van der Waals surface area (Å²) in [4.78, 5) is 0.0523. The van der Waals surface area contributed by atoms with Crippen molar-refractivity contribution in [3.8, 4) is 0 Å². The normalized spacial score (nSPS) is 10.9. The molecule has 0 nitrogen and oxygen atoms in total. The lowest BCUT2D eigenvalue weighted by molar-refractivity contribution is 0.372. The van der Waals surface area contributed by atoms with E-state index >= 15 is 0 Å². The zero-order chi connectivity index (χ0) is 14.9. The van der Waals surface area contributed by atoms with E-state index in [1.165, 1.54) is 18.2 Å². The van der Waals surface area contributed by atoms with Crippen molar-refractivity contribution < 1.29 is 26.3 Å². The Balaban J connectivity index is 2.33. The van der Waals surface area contributed by atoms with E-state index in [9.17, 15) is 26.3 Å². The second-order valence-corrected chi connectivity index (χ2v) is 4.78. The number of thioether (sulfide) groups is 1. The van der Waals surface area contributed by atoms with E-state index in [4.69, 9.17) is 0 Å². The smallest absolute Gasteiger partial charge is 0.200 e. The van der Waals surface area contributed by atoms with Gasteiger partial charge in [-0.25, -0.2) is 26.3 Å². The van der Waals surface area contributed by atoms with Crippen molar-refractivity contribution in [3.05, 3.63) is 64.7 Å². The topological polar surface area (TPSA) is 0 Å². The minimum absolute atomic E-state index is 0.0523. The summed E-state index contributed by atoms with van der Waals surface area (Å²) in [7, 11) is 0. The molecule has 0 amide bonds. The van der Waals surface area contributed by atoms with Gasteiger partial charge in [-0.2, -0.15) is 0 Å². The zero-order valence-corrected chi connectivity index (χ0v) is 10.5. The van der Waals surface area contributed by atoms with Crippen molar-refractivity contribution >= 4 is 11.8 Å². The van der Waals surface area contributed by atoms with Gasteiger partial charge >= 0.3 is 0 Å². The molecule has 0 saturated carbocycles. The number of rotatable bonds is 3. The number of halogens is 6. The van der Waals surface area contributed by atoms with Crippen molar-refractivity contribution in [2.24, 2.45) is 0 Å². The average Bonchev–Trinajstić information content (AvgIpc) is 2.45. The van der Waals surface area contributed by atoms with E-state index in [0.29, 0.717) is 11.8 Å². The Hall–Kier alpha value is -1.63. The van der Waals surface area contributed by atoms with Crippen molar-refractivity contribution in [2.45, 2.75) is 10.6 Å². The zero-order valence-electron chi connectivity index (χ0n) is 9.69. The molecule has 0 aliphatic carbocycles. The van der Waals surface area contributed by atoms with Crippen LogP contribution >= 0.6 is 11.8 Å². The largest absolute Gasteiger partial charge is 0.206 e. The van der Waals surface area contributed by atoms with Gasteiger partial charge in [0.2, 0.25) is 5.82 Å². The van der Waals surface area contributed by atoms with Crippen LogP contribution in [-0.2, 0) is 5.75 Å². The molecule has 0 aliphatic heterocycles. The quantitative estimate of drug-likeness (QED) is 0.339. The fraction of sp³-hybridized carbons (Fsp3) is 0.0769. The Labute approximate surface area is 114 Å². The predicted molar refractivity (Wildman–Crippen MR) is 62.2 cm³/mol. The van der Waals surface area contributed by atoms with E-state index in [1.807, 2.05) is 0 Å². The highest BCUT2D eigenvalue weighted by Gasteiger charge is 2.25. The standard InChI is InChI=1S/C13H6F6S/c14-7-3-1-2-4-8(7)20-5-6-9(15)11(17)13(19)12(18)10(6)16/h1-4H,5H2. The first-order valence-corrected chi connectivity index (χ1v) is 6.29. The highest BCUT2D eigenvalue weighted by molar-refractivity contribution is 7.98. The summed E-state index contributed by atoms with van der Waals surface area (Å²) in [5.74, 6) is -11.2. The van der Waals surface area contributed by atoms with Crippen LogP contribution in [0, 0.1) is 34.9 Å². The maximum absolute atomic E-state index is 13.4. The molecule has 0 aromatic heterocycles. The maximum atomic E-state index is 13.4. The van der Waals surface area contributed by atoms with Crippen LogP contribution in [-0.4, -0.2) is 0 Å². The van der Waals surface area contributed by atoms with Crippen molar-refractivity contribution in [1.82, 2.24) is 0 Å². The lowest BCUT2D eigenvalue weighted by Crippen LogP contribution is -2.06. The lowest BCUT2D eigenvalue weighted by Gasteiger charge is -2.08. The predicted octanol–water partition coefficient (Wildman–Crippen LogP) is 4.81. The van der Waals surface area contributed by atoms with Gasteiger partial charge in [0.25, 0.3) is 0 Å². The van der Waals surface area contributed by atoms with Crippen LogP contribution in [0.5, 0.6) is 0 Å². The molecular weight excluding hydrogens is 302 g/mol. The van der Waals surface area contributed by atoms with Gasteiger partial charge in [-0.15, -0.1) is 11.8 Å². The van der Waals surface area contributed by atoms with Gasteiger partial charge in [-0.05, 0) is 12.1 Å². The van der Waals surface area contributed by atoms with E-state index < -0.39 is 46.2 Å². The van der Waals surface area contributed by atoms with Crippen molar-refractivity contribution in [3.63, 3.8) is 0 Å². The van der Waals surface area contributed by atoms with Crippen LogP contribution in [0.2, 0.25) is 0 Å². The fourth-order valence-corrected chi connectivity index (χ4v) is 2.42. The highest BCUT2D eigenvalue weighted by Crippen LogP contribution is 2.30. The minimum atomic E-state index is -2.21. The fourth-order valence-electron chi connectivity index (χ4n) is 1.49. The molecule has 2 aromatic rings. The first-order chi connectivity index (χ1) is 9.43. The van der Waals surface area contributed by atoms with Crippen LogP contribution in [0.3, 0.4) is 0 Å². The van der Waals surface area contributed by atoms with Gasteiger partial charge in [-0.1, -0.05) is 12.1 Å². The number of benzene rings is 2. The summed E-state index contributed by atoms with van der Waals surface area (Å²) in [5.41, 5.74) is -0.977. The van der Waals surface area contributed by atoms with Gasteiger partial charge in [0.1, 0.15) is 5.82 Å². The second kappa shape index (κ2) is 5.78.